The van der Waals surface area contributed by atoms with Gasteiger partial charge >= 0.3 is 0 Å². The van der Waals surface area contributed by atoms with Crippen molar-refractivity contribution in [1.82, 2.24) is 4.98 Å². The van der Waals surface area contributed by atoms with Gasteiger partial charge in [-0.05, 0) is 43.7 Å². The van der Waals surface area contributed by atoms with E-state index in [1.165, 1.54) is 12.1 Å². The molecule has 0 N–H and O–H groups in total. The molecule has 3 atom stereocenters. The second kappa shape index (κ2) is 5.61. The number of aromatic nitrogens is 1. The largest absolute Gasteiger partial charge is 0.276 e. The third kappa shape index (κ3) is 2.99. The van der Waals surface area contributed by atoms with E-state index < -0.39 is 11.8 Å². The van der Waals surface area contributed by atoms with Crippen LogP contribution in [0.1, 0.15) is 32.3 Å². The topological polar surface area (TPSA) is 12.9 Å². The van der Waals surface area contributed by atoms with Crippen molar-refractivity contribution in [2.75, 3.05) is 0 Å². The highest BCUT2D eigenvalue weighted by Crippen LogP contribution is 2.51. The lowest BCUT2D eigenvalue weighted by Crippen LogP contribution is -2.28. The van der Waals surface area contributed by atoms with Gasteiger partial charge in [0.15, 0.2) is 0 Å². The number of rotatable bonds is 3. The summed E-state index contributed by atoms with van der Waals surface area (Å²) in [6.07, 6.45) is 1.20. The van der Waals surface area contributed by atoms with Crippen molar-refractivity contribution in [3.63, 3.8) is 0 Å². The zero-order chi connectivity index (χ0) is 15.1. The maximum atomic E-state index is 14.7. The Balaban J connectivity index is 2.32. The fraction of sp³-hybridized carbons (Fsp3) is 0.533. The Labute approximate surface area is 128 Å². The van der Waals surface area contributed by atoms with E-state index in [-0.39, 0.29) is 27.7 Å². The molecule has 0 amide bonds. The van der Waals surface area contributed by atoms with Crippen LogP contribution in [0.15, 0.2) is 24.3 Å². The fourth-order valence-corrected chi connectivity index (χ4v) is 3.49. The summed E-state index contributed by atoms with van der Waals surface area (Å²) < 4.78 is 29.5. The Morgan fingerprint density at radius 2 is 1.85 bits per heavy atom. The molecule has 0 aromatic carbocycles. The highest BCUT2D eigenvalue weighted by atomic mass is 35.5. The average molecular weight is 320 g/mol. The maximum Gasteiger partial charge on any atom is 0.276 e. The van der Waals surface area contributed by atoms with Gasteiger partial charge < -0.3 is 0 Å². The number of nitrogens with zero attached hydrogens (tertiary/aromatic N) is 1. The van der Waals surface area contributed by atoms with Crippen molar-refractivity contribution in [2.45, 2.75) is 32.6 Å². The van der Waals surface area contributed by atoms with Crippen molar-refractivity contribution in [1.29, 1.82) is 0 Å². The zero-order valence-corrected chi connectivity index (χ0v) is 13.0. The van der Waals surface area contributed by atoms with Crippen LogP contribution in [0.4, 0.5) is 8.78 Å². The molecule has 110 valence electrons. The van der Waals surface area contributed by atoms with Crippen LogP contribution < -0.4 is 0 Å². The van der Waals surface area contributed by atoms with E-state index >= 15 is 0 Å². The van der Waals surface area contributed by atoms with Crippen LogP contribution in [-0.4, -0.2) is 4.98 Å². The molecule has 1 aliphatic rings. The molecule has 1 aliphatic carbocycles. The molecule has 2 rings (SSSR count). The van der Waals surface area contributed by atoms with Crippen molar-refractivity contribution >= 4 is 23.2 Å². The van der Waals surface area contributed by atoms with E-state index in [0.29, 0.717) is 6.42 Å². The first-order chi connectivity index (χ1) is 9.21. The Kier molecular flexibility index (Phi) is 4.41. The summed E-state index contributed by atoms with van der Waals surface area (Å²) >= 11 is 11.5. The van der Waals surface area contributed by atoms with Gasteiger partial charge in [-0.1, -0.05) is 42.3 Å². The molecule has 1 aromatic heterocycles. The zero-order valence-electron chi connectivity index (χ0n) is 11.5. The van der Waals surface area contributed by atoms with Crippen LogP contribution in [0.25, 0.3) is 0 Å². The average Bonchev–Trinajstić information content (AvgIpc) is 2.71. The predicted molar refractivity (Wildman–Crippen MR) is 78.3 cm³/mol. The van der Waals surface area contributed by atoms with Crippen LogP contribution in [0.5, 0.6) is 0 Å². The van der Waals surface area contributed by atoms with Crippen molar-refractivity contribution in [3.8, 4) is 0 Å². The molecule has 1 nitrogen and oxygen atoms in total. The summed E-state index contributed by atoms with van der Waals surface area (Å²) in [6.45, 7) is 7.66. The Morgan fingerprint density at radius 3 is 2.30 bits per heavy atom. The van der Waals surface area contributed by atoms with Crippen LogP contribution in [0.2, 0.25) is 10.3 Å². The lowest BCUT2D eigenvalue weighted by Gasteiger charge is -2.27. The molecule has 0 aliphatic heterocycles. The summed E-state index contributed by atoms with van der Waals surface area (Å²) in [6, 6.07) is 2.41. The highest BCUT2D eigenvalue weighted by molar-refractivity contribution is 6.32. The summed E-state index contributed by atoms with van der Waals surface area (Å²) in [5, 5.41) is -0.0106. The first-order valence-corrected chi connectivity index (χ1v) is 7.34. The molecule has 5 heteroatoms. The number of allylic oxidation sites excluding steroid dienone is 1. The Morgan fingerprint density at radius 1 is 1.30 bits per heavy atom. The molecule has 20 heavy (non-hydrogen) atoms. The first-order valence-electron chi connectivity index (χ1n) is 6.58. The number of pyridine rings is 1. The standard InChI is InChI=1S/C15H17Cl2F2N/c1-8(2)10-4-9(3)12(5-10)15(18,19)11-6-13(16)20-14(17)7-11/h6-7,9-10,12H,1,4-5H2,2-3H3. The van der Waals surface area contributed by atoms with Gasteiger partial charge in [0.25, 0.3) is 5.92 Å². The van der Waals surface area contributed by atoms with Gasteiger partial charge in [0.05, 0.1) is 0 Å². The van der Waals surface area contributed by atoms with Gasteiger partial charge in [-0.25, -0.2) is 13.8 Å². The quantitative estimate of drug-likeness (QED) is 0.513. The molecule has 0 bridgehead atoms. The van der Waals surface area contributed by atoms with Crippen LogP contribution in [0, 0.1) is 17.8 Å². The van der Waals surface area contributed by atoms with E-state index in [9.17, 15) is 8.78 Å². The van der Waals surface area contributed by atoms with E-state index in [2.05, 4.69) is 11.6 Å². The molecule has 0 radical (unpaired) electrons. The van der Waals surface area contributed by atoms with E-state index in [1.54, 1.807) is 0 Å². The predicted octanol–water partition coefficient (Wildman–Crippen LogP) is 5.72. The number of hydrogen-bond donors (Lipinski definition) is 0. The number of alkyl halides is 2. The first kappa shape index (κ1) is 15.7. The van der Waals surface area contributed by atoms with Crippen molar-refractivity contribution < 1.29 is 8.78 Å². The molecule has 1 saturated carbocycles. The third-order valence-electron chi connectivity index (χ3n) is 4.19. The van der Waals surface area contributed by atoms with E-state index in [1.807, 2.05) is 13.8 Å². The molecular weight excluding hydrogens is 303 g/mol. The van der Waals surface area contributed by atoms with E-state index in [4.69, 9.17) is 23.2 Å². The minimum Gasteiger partial charge on any atom is -0.224 e. The van der Waals surface area contributed by atoms with Crippen molar-refractivity contribution in [2.24, 2.45) is 17.8 Å². The van der Waals surface area contributed by atoms with Crippen LogP contribution in [0.3, 0.4) is 0 Å². The second-order valence-electron chi connectivity index (χ2n) is 5.72. The third-order valence-corrected chi connectivity index (χ3v) is 4.58. The highest BCUT2D eigenvalue weighted by Gasteiger charge is 2.49. The van der Waals surface area contributed by atoms with Crippen LogP contribution in [-0.2, 0) is 5.92 Å². The number of halogens is 4. The minimum absolute atomic E-state index is 0.00530. The van der Waals surface area contributed by atoms with Gasteiger partial charge in [-0.3, -0.25) is 0 Å². The number of hydrogen-bond acceptors (Lipinski definition) is 1. The smallest absolute Gasteiger partial charge is 0.224 e. The molecular formula is C15H17Cl2F2N. The fourth-order valence-electron chi connectivity index (χ4n) is 3.03. The lowest BCUT2D eigenvalue weighted by atomic mass is 9.87. The van der Waals surface area contributed by atoms with E-state index in [0.717, 1.165) is 12.0 Å². The summed E-state index contributed by atoms with van der Waals surface area (Å²) in [5.74, 6) is -3.59. The summed E-state index contributed by atoms with van der Waals surface area (Å²) in [4.78, 5) is 3.72. The van der Waals surface area contributed by atoms with Gasteiger partial charge in [0.2, 0.25) is 0 Å². The summed E-state index contributed by atoms with van der Waals surface area (Å²) in [5.41, 5.74) is 0.822. The SMILES string of the molecule is C=C(C)C1CC(C)C(C(F)(F)c2cc(Cl)nc(Cl)c2)C1. The monoisotopic (exact) mass is 319 g/mol. The molecule has 0 spiro atoms. The van der Waals surface area contributed by atoms with Gasteiger partial charge in [-0.2, -0.15) is 0 Å². The molecule has 1 fully saturated rings. The lowest BCUT2D eigenvalue weighted by molar-refractivity contribution is -0.0774. The minimum atomic E-state index is -2.96. The molecule has 0 saturated heterocycles. The van der Waals surface area contributed by atoms with Crippen molar-refractivity contribution in [3.05, 3.63) is 40.2 Å². The van der Waals surface area contributed by atoms with Gasteiger partial charge in [-0.15, -0.1) is 0 Å². The van der Waals surface area contributed by atoms with Gasteiger partial charge in [0.1, 0.15) is 10.3 Å². The Hall–Kier alpha value is -0.670. The molecule has 3 unspecified atom stereocenters. The van der Waals surface area contributed by atoms with Crippen LogP contribution >= 0.6 is 23.2 Å². The molecule has 1 heterocycles. The maximum absolute atomic E-state index is 14.7. The Bertz CT molecular complexity index is 510. The summed E-state index contributed by atoms with van der Waals surface area (Å²) in [7, 11) is 0. The second-order valence-corrected chi connectivity index (χ2v) is 6.50. The normalized spacial score (nSPS) is 26.8. The van der Waals surface area contributed by atoms with Gasteiger partial charge in [0, 0.05) is 11.5 Å². The molecule has 1 aromatic rings.